The van der Waals surface area contributed by atoms with E-state index in [1.54, 1.807) is 9.80 Å². The Balaban J connectivity index is 1.41. The number of nitrogens with zero attached hydrogens (tertiary/aromatic N) is 5. The summed E-state index contributed by atoms with van der Waals surface area (Å²) in [4.78, 5) is 51.7. The highest BCUT2D eigenvalue weighted by atomic mass is 16.5. The minimum absolute atomic E-state index is 0.0611. The van der Waals surface area contributed by atoms with Crippen LogP contribution >= 0.6 is 0 Å². The molecule has 0 spiro atoms. The Morgan fingerprint density at radius 3 is 2.64 bits per heavy atom. The Kier molecular flexibility index (Phi) is 7.63. The highest BCUT2D eigenvalue weighted by Gasteiger charge is 2.38. The van der Waals surface area contributed by atoms with Gasteiger partial charge in [-0.05, 0) is 50.5 Å². The van der Waals surface area contributed by atoms with Gasteiger partial charge in [-0.2, -0.15) is 0 Å². The standard InChI is InChI=1S/C29H34N6O4/c1-19-13-23(20(2)33(19)3)28(37)34-11-4-5-12-39-22-8-6-7-21(14-22)24-16-35(17-26(24)32-27(36)18-34)29(38)25-15-30-9-10-31-25/h6-10,13-15,24,26H,4-5,11-12,16-18H2,1-3H3,(H,32,36)/t24-,26+/m1/s1. The van der Waals surface area contributed by atoms with Crippen LogP contribution in [0.3, 0.4) is 0 Å². The molecule has 0 saturated carbocycles. The van der Waals surface area contributed by atoms with E-state index in [-0.39, 0.29) is 41.9 Å². The van der Waals surface area contributed by atoms with E-state index in [1.165, 1.54) is 18.6 Å². The van der Waals surface area contributed by atoms with Crippen LogP contribution in [0.15, 0.2) is 48.9 Å². The number of hydrogen-bond acceptors (Lipinski definition) is 6. The number of carbonyl (C=O) groups excluding carboxylic acids is 3. The molecule has 5 rings (SSSR count). The van der Waals surface area contributed by atoms with Gasteiger partial charge in [-0.3, -0.25) is 19.4 Å². The first-order valence-corrected chi connectivity index (χ1v) is 13.3. The van der Waals surface area contributed by atoms with E-state index in [9.17, 15) is 14.4 Å². The quantitative estimate of drug-likeness (QED) is 0.545. The van der Waals surface area contributed by atoms with Gasteiger partial charge in [-0.15, -0.1) is 0 Å². The van der Waals surface area contributed by atoms with Crippen molar-refractivity contribution in [3.05, 3.63) is 77.1 Å². The molecule has 4 heterocycles. The second-order valence-electron chi connectivity index (χ2n) is 10.3. The molecule has 39 heavy (non-hydrogen) atoms. The van der Waals surface area contributed by atoms with Gasteiger partial charge in [-0.1, -0.05) is 12.1 Å². The molecule has 3 amide bonds. The third kappa shape index (κ3) is 5.64. The zero-order chi connectivity index (χ0) is 27.5. The van der Waals surface area contributed by atoms with Gasteiger partial charge in [0, 0.05) is 56.4 Å². The smallest absolute Gasteiger partial charge is 0.274 e. The second-order valence-corrected chi connectivity index (χ2v) is 10.3. The van der Waals surface area contributed by atoms with Gasteiger partial charge in [-0.25, -0.2) is 4.98 Å². The topological polar surface area (TPSA) is 110 Å². The normalized spacial score (nSPS) is 20.0. The number of ether oxygens (including phenoxy) is 1. The van der Waals surface area contributed by atoms with Crippen molar-refractivity contribution in [3.8, 4) is 5.75 Å². The zero-order valence-corrected chi connectivity index (χ0v) is 22.6. The molecule has 2 atom stereocenters. The lowest BCUT2D eigenvalue weighted by molar-refractivity contribution is -0.122. The molecule has 2 aliphatic heterocycles. The van der Waals surface area contributed by atoms with Crippen molar-refractivity contribution >= 4 is 17.7 Å². The summed E-state index contributed by atoms with van der Waals surface area (Å²) >= 11 is 0. The van der Waals surface area contributed by atoms with Gasteiger partial charge in [0.05, 0.1) is 31.0 Å². The summed E-state index contributed by atoms with van der Waals surface area (Å²) < 4.78 is 8.01. The fourth-order valence-electron chi connectivity index (χ4n) is 5.38. The molecule has 1 fully saturated rings. The van der Waals surface area contributed by atoms with Crippen molar-refractivity contribution in [2.75, 3.05) is 32.8 Å². The Hall–Kier alpha value is -4.21. The summed E-state index contributed by atoms with van der Waals surface area (Å²) in [5.41, 5.74) is 3.70. The Labute approximate surface area is 228 Å². The summed E-state index contributed by atoms with van der Waals surface area (Å²) in [7, 11) is 1.93. The lowest BCUT2D eigenvalue weighted by atomic mass is 9.94. The predicted octanol–water partition coefficient (Wildman–Crippen LogP) is 2.47. The summed E-state index contributed by atoms with van der Waals surface area (Å²) in [5, 5.41) is 3.14. The lowest BCUT2D eigenvalue weighted by Gasteiger charge is -2.26. The minimum Gasteiger partial charge on any atom is -0.494 e. The molecule has 0 radical (unpaired) electrons. The molecule has 204 valence electrons. The molecule has 10 heteroatoms. The van der Waals surface area contributed by atoms with Gasteiger partial charge in [0.2, 0.25) is 5.91 Å². The third-order valence-electron chi connectivity index (χ3n) is 7.74. The summed E-state index contributed by atoms with van der Waals surface area (Å²) in [5.74, 6) is -0.0447. The molecular weight excluding hydrogens is 496 g/mol. The predicted molar refractivity (Wildman–Crippen MR) is 145 cm³/mol. The number of rotatable bonds is 2. The maximum Gasteiger partial charge on any atom is 0.274 e. The van der Waals surface area contributed by atoms with Crippen LogP contribution in [0.25, 0.3) is 0 Å². The van der Waals surface area contributed by atoms with E-state index in [0.717, 1.165) is 29.1 Å². The molecule has 3 aromatic rings. The summed E-state index contributed by atoms with van der Waals surface area (Å²) in [6, 6.07) is 9.37. The number of nitrogens with one attached hydrogen (secondary N) is 1. The maximum absolute atomic E-state index is 13.6. The van der Waals surface area contributed by atoms with Gasteiger partial charge >= 0.3 is 0 Å². The molecule has 1 saturated heterocycles. The Morgan fingerprint density at radius 2 is 1.90 bits per heavy atom. The molecule has 10 nitrogen and oxygen atoms in total. The summed E-state index contributed by atoms with van der Waals surface area (Å²) in [6.07, 6.45) is 5.91. The second kappa shape index (κ2) is 11.3. The van der Waals surface area contributed by atoms with E-state index in [0.29, 0.717) is 38.2 Å². The van der Waals surface area contributed by atoms with Crippen molar-refractivity contribution in [1.82, 2.24) is 29.7 Å². The highest BCUT2D eigenvalue weighted by molar-refractivity contribution is 5.98. The Bertz CT molecular complexity index is 1370. The van der Waals surface area contributed by atoms with Gasteiger partial charge in [0.15, 0.2) is 0 Å². The fourth-order valence-corrected chi connectivity index (χ4v) is 5.38. The first-order chi connectivity index (χ1) is 18.8. The van der Waals surface area contributed by atoms with Gasteiger partial charge in [0.25, 0.3) is 11.8 Å². The first kappa shape index (κ1) is 26.4. The first-order valence-electron chi connectivity index (χ1n) is 13.3. The van der Waals surface area contributed by atoms with Crippen LogP contribution < -0.4 is 10.1 Å². The van der Waals surface area contributed by atoms with E-state index < -0.39 is 0 Å². The van der Waals surface area contributed by atoms with E-state index >= 15 is 0 Å². The lowest BCUT2D eigenvalue weighted by Crippen LogP contribution is -2.47. The number of benzene rings is 1. The SMILES string of the molecule is Cc1cc(C(=O)N2CCCCOc3cccc(c3)[C@H]3CN(C(=O)c4cnccn4)C[C@@H]3NC(=O)C2)c(C)n1C. The van der Waals surface area contributed by atoms with Crippen molar-refractivity contribution in [2.24, 2.45) is 7.05 Å². The minimum atomic E-state index is -0.339. The van der Waals surface area contributed by atoms with Crippen molar-refractivity contribution < 1.29 is 19.1 Å². The molecule has 0 aliphatic carbocycles. The molecule has 2 bridgehead atoms. The number of amides is 3. The van der Waals surface area contributed by atoms with E-state index in [2.05, 4.69) is 15.3 Å². The van der Waals surface area contributed by atoms with Crippen LogP contribution in [0.1, 0.15) is 56.6 Å². The number of hydrogen-bond donors (Lipinski definition) is 1. The van der Waals surface area contributed by atoms with Crippen LogP contribution in [0, 0.1) is 13.8 Å². The third-order valence-corrected chi connectivity index (χ3v) is 7.74. The molecule has 0 unspecified atom stereocenters. The molecule has 1 N–H and O–H groups in total. The van der Waals surface area contributed by atoms with Gasteiger partial charge in [0.1, 0.15) is 11.4 Å². The average Bonchev–Trinajstić information content (AvgIpc) is 3.47. The maximum atomic E-state index is 13.6. The fraction of sp³-hybridized carbons (Fsp3) is 0.414. The van der Waals surface area contributed by atoms with Crippen LogP contribution in [0.4, 0.5) is 0 Å². The van der Waals surface area contributed by atoms with Crippen LogP contribution in [0.5, 0.6) is 5.75 Å². The Morgan fingerprint density at radius 1 is 1.05 bits per heavy atom. The molecule has 2 aromatic heterocycles. The van der Waals surface area contributed by atoms with Crippen LogP contribution in [0.2, 0.25) is 0 Å². The average molecular weight is 531 g/mol. The van der Waals surface area contributed by atoms with E-state index in [4.69, 9.17) is 4.74 Å². The highest BCUT2D eigenvalue weighted by Crippen LogP contribution is 2.31. The number of aryl methyl sites for hydroxylation is 1. The molecule has 2 aliphatic rings. The van der Waals surface area contributed by atoms with Crippen LogP contribution in [-0.4, -0.2) is 80.9 Å². The van der Waals surface area contributed by atoms with Crippen LogP contribution in [-0.2, 0) is 11.8 Å². The zero-order valence-electron chi connectivity index (χ0n) is 22.6. The van der Waals surface area contributed by atoms with Gasteiger partial charge < -0.3 is 24.4 Å². The van der Waals surface area contributed by atoms with Crippen molar-refractivity contribution in [2.45, 2.75) is 38.6 Å². The number of fused-ring (bicyclic) bond motifs is 4. The van der Waals surface area contributed by atoms with Crippen molar-refractivity contribution in [1.29, 1.82) is 0 Å². The molecular formula is C29H34N6O4. The molecule has 1 aromatic carbocycles. The largest absolute Gasteiger partial charge is 0.494 e. The van der Waals surface area contributed by atoms with E-state index in [1.807, 2.05) is 55.8 Å². The van der Waals surface area contributed by atoms with Crippen molar-refractivity contribution in [3.63, 3.8) is 0 Å². The monoisotopic (exact) mass is 530 g/mol. The number of aromatic nitrogens is 3. The number of likely N-dealkylation sites (tertiary alicyclic amines) is 1. The summed E-state index contributed by atoms with van der Waals surface area (Å²) in [6.45, 7) is 5.49. The number of carbonyl (C=O) groups is 3.